The molecule has 2 aromatic rings. The minimum atomic E-state index is 0.690. The van der Waals surface area contributed by atoms with Crippen LogP contribution in [0.2, 0.25) is 0 Å². The van der Waals surface area contributed by atoms with Crippen molar-refractivity contribution < 1.29 is 0 Å². The molecule has 0 radical (unpaired) electrons. The second kappa shape index (κ2) is 14.9. The molecule has 0 spiro atoms. The molecule has 0 saturated carbocycles. The maximum Gasteiger partial charge on any atom is 0.0223 e. The first-order valence-electron chi connectivity index (χ1n) is 11.1. The molecule has 0 N–H and O–H groups in total. The van der Waals surface area contributed by atoms with Crippen molar-refractivity contribution in [1.82, 2.24) is 4.90 Å². The topological polar surface area (TPSA) is 3.24 Å². The van der Waals surface area contributed by atoms with Crippen LogP contribution in [0, 0.1) is 0 Å². The molecule has 2 aromatic carbocycles. The minimum Gasteiger partial charge on any atom is -0.299 e. The Morgan fingerprint density at radius 2 is 1.31 bits per heavy atom. The standard InChI is InChI=1S/C13H10S.C8H19N.C5H11Cl/c1-3-7-12-10(5-1)9-11-6-2-4-8-13(11)14-12;1-6-9(7(2)3)8(4)5;1-2-3-4-5-6/h1-8H,9H2;7-8H,6H2,1-5H3;2-5H2,1H3. The Hall–Kier alpha value is -0.960. The van der Waals surface area contributed by atoms with E-state index in [2.05, 4.69) is 95.0 Å². The molecule has 0 amide bonds. The van der Waals surface area contributed by atoms with E-state index in [0.29, 0.717) is 12.1 Å². The largest absolute Gasteiger partial charge is 0.299 e. The maximum absolute atomic E-state index is 5.38. The molecular formula is C26H40ClNS. The highest BCUT2D eigenvalue weighted by Gasteiger charge is 2.14. The van der Waals surface area contributed by atoms with Gasteiger partial charge in [0.15, 0.2) is 0 Å². The summed E-state index contributed by atoms with van der Waals surface area (Å²) >= 11 is 7.26. The Morgan fingerprint density at radius 1 is 0.828 bits per heavy atom. The highest BCUT2D eigenvalue weighted by Crippen LogP contribution is 2.38. The van der Waals surface area contributed by atoms with Crippen molar-refractivity contribution in [2.24, 2.45) is 0 Å². The van der Waals surface area contributed by atoms with E-state index >= 15 is 0 Å². The lowest BCUT2D eigenvalue weighted by Crippen LogP contribution is -2.36. The number of halogens is 1. The minimum absolute atomic E-state index is 0.690. The SMILES string of the molecule is CCCCCCl.CCN(C(C)C)C(C)C.c1ccc2c(c1)Cc1ccccc1S2. The molecule has 0 unspecified atom stereocenters. The van der Waals surface area contributed by atoms with Crippen LogP contribution in [-0.2, 0) is 6.42 Å². The van der Waals surface area contributed by atoms with E-state index in [4.69, 9.17) is 11.6 Å². The van der Waals surface area contributed by atoms with E-state index in [1.165, 1.54) is 40.2 Å². The van der Waals surface area contributed by atoms with E-state index in [1.807, 2.05) is 11.8 Å². The Labute approximate surface area is 189 Å². The van der Waals surface area contributed by atoms with E-state index < -0.39 is 0 Å². The fourth-order valence-electron chi connectivity index (χ4n) is 3.49. The van der Waals surface area contributed by atoms with Crippen molar-refractivity contribution in [2.45, 2.75) is 89.1 Å². The molecule has 162 valence electrons. The van der Waals surface area contributed by atoms with Gasteiger partial charge in [0.05, 0.1) is 0 Å². The zero-order chi connectivity index (χ0) is 21.6. The average molecular weight is 434 g/mol. The van der Waals surface area contributed by atoms with Crippen LogP contribution in [0.15, 0.2) is 58.3 Å². The Kier molecular flexibility index (Phi) is 13.4. The smallest absolute Gasteiger partial charge is 0.0223 e. The first-order valence-corrected chi connectivity index (χ1v) is 12.4. The van der Waals surface area contributed by atoms with E-state index in [9.17, 15) is 0 Å². The second-order valence-corrected chi connectivity index (χ2v) is 9.37. The van der Waals surface area contributed by atoms with Crippen LogP contribution in [0.5, 0.6) is 0 Å². The third-order valence-electron chi connectivity index (χ3n) is 4.97. The number of fused-ring (bicyclic) bond motifs is 2. The zero-order valence-corrected chi connectivity index (χ0v) is 20.8. The van der Waals surface area contributed by atoms with Crippen molar-refractivity contribution in [3.05, 3.63) is 59.7 Å². The number of benzene rings is 2. The lowest BCUT2D eigenvalue weighted by Gasteiger charge is -2.28. The van der Waals surface area contributed by atoms with Crippen LogP contribution in [0.1, 0.15) is 71.9 Å². The fraction of sp³-hybridized carbons (Fsp3) is 0.538. The highest BCUT2D eigenvalue weighted by molar-refractivity contribution is 7.99. The van der Waals surface area contributed by atoms with Crippen LogP contribution < -0.4 is 0 Å². The first kappa shape index (κ1) is 26.1. The van der Waals surface area contributed by atoms with Crippen LogP contribution in [0.4, 0.5) is 0 Å². The van der Waals surface area contributed by atoms with Gasteiger partial charge in [0.2, 0.25) is 0 Å². The summed E-state index contributed by atoms with van der Waals surface area (Å²) in [7, 11) is 0. The van der Waals surface area contributed by atoms with E-state index in [-0.39, 0.29) is 0 Å². The van der Waals surface area contributed by atoms with Crippen LogP contribution in [-0.4, -0.2) is 29.4 Å². The second-order valence-electron chi connectivity index (χ2n) is 7.91. The summed E-state index contributed by atoms with van der Waals surface area (Å²) in [5, 5.41) is 0. The lowest BCUT2D eigenvalue weighted by atomic mass is 10.0. The average Bonchev–Trinajstić information content (AvgIpc) is 2.71. The number of nitrogens with zero attached hydrogens (tertiary/aromatic N) is 1. The van der Waals surface area contributed by atoms with Gasteiger partial charge in [-0.1, -0.05) is 74.8 Å². The first-order chi connectivity index (χ1) is 13.9. The number of hydrogen-bond acceptors (Lipinski definition) is 2. The van der Waals surface area contributed by atoms with Gasteiger partial charge in [0, 0.05) is 27.8 Å². The molecule has 0 fully saturated rings. The Bertz CT molecular complexity index is 584. The third-order valence-corrected chi connectivity index (χ3v) is 6.48. The molecule has 0 aromatic heterocycles. The van der Waals surface area contributed by atoms with E-state index in [0.717, 1.165) is 18.8 Å². The maximum atomic E-state index is 5.38. The summed E-state index contributed by atoms with van der Waals surface area (Å²) in [5.41, 5.74) is 2.91. The molecule has 1 nitrogen and oxygen atoms in total. The summed E-state index contributed by atoms with van der Waals surface area (Å²) < 4.78 is 0. The molecule has 3 rings (SSSR count). The van der Waals surface area contributed by atoms with Gasteiger partial charge >= 0.3 is 0 Å². The Morgan fingerprint density at radius 3 is 1.62 bits per heavy atom. The normalized spacial score (nSPS) is 11.9. The summed E-state index contributed by atoms with van der Waals surface area (Å²) in [6.07, 6.45) is 4.81. The number of hydrogen-bond donors (Lipinski definition) is 0. The predicted octanol–water partition coefficient (Wildman–Crippen LogP) is 8.28. The molecule has 1 aliphatic heterocycles. The van der Waals surface area contributed by atoms with E-state index in [1.54, 1.807) is 0 Å². The molecule has 0 saturated heterocycles. The third kappa shape index (κ3) is 9.59. The molecule has 0 aliphatic carbocycles. The lowest BCUT2D eigenvalue weighted by molar-refractivity contribution is 0.185. The number of alkyl halides is 1. The number of unbranched alkanes of at least 4 members (excludes halogenated alkanes) is 2. The van der Waals surface area contributed by atoms with Crippen LogP contribution >= 0.6 is 23.4 Å². The van der Waals surface area contributed by atoms with Crippen LogP contribution in [0.25, 0.3) is 0 Å². The molecule has 1 aliphatic rings. The Balaban J connectivity index is 0.000000244. The van der Waals surface area contributed by atoms with Crippen molar-refractivity contribution in [3.8, 4) is 0 Å². The van der Waals surface area contributed by atoms with Gasteiger partial charge in [0.25, 0.3) is 0 Å². The summed E-state index contributed by atoms with van der Waals surface area (Å²) in [4.78, 5) is 5.28. The van der Waals surface area contributed by atoms with Crippen molar-refractivity contribution in [3.63, 3.8) is 0 Å². The van der Waals surface area contributed by atoms with Crippen molar-refractivity contribution >= 4 is 23.4 Å². The molecule has 3 heteroatoms. The van der Waals surface area contributed by atoms with Crippen LogP contribution in [0.3, 0.4) is 0 Å². The summed E-state index contributed by atoms with van der Waals surface area (Å²) in [6, 6.07) is 18.7. The van der Waals surface area contributed by atoms with Gasteiger partial charge in [-0.3, -0.25) is 4.90 Å². The molecule has 0 atom stereocenters. The van der Waals surface area contributed by atoms with Gasteiger partial charge in [0.1, 0.15) is 0 Å². The summed E-state index contributed by atoms with van der Waals surface area (Å²) in [6.45, 7) is 14.5. The van der Waals surface area contributed by atoms with Gasteiger partial charge in [-0.15, -0.1) is 11.6 Å². The molecule has 29 heavy (non-hydrogen) atoms. The molecule has 0 bridgehead atoms. The van der Waals surface area contributed by atoms with Crippen molar-refractivity contribution in [1.29, 1.82) is 0 Å². The monoisotopic (exact) mass is 433 g/mol. The van der Waals surface area contributed by atoms with Gasteiger partial charge in [-0.05, 0) is 70.3 Å². The summed E-state index contributed by atoms with van der Waals surface area (Å²) in [5.74, 6) is 0.827. The highest BCUT2D eigenvalue weighted by atomic mass is 35.5. The van der Waals surface area contributed by atoms with Crippen molar-refractivity contribution in [2.75, 3.05) is 12.4 Å². The quantitative estimate of drug-likeness (QED) is 0.284. The zero-order valence-electron chi connectivity index (χ0n) is 19.2. The molecule has 1 heterocycles. The molecular weight excluding hydrogens is 394 g/mol. The van der Waals surface area contributed by atoms with Gasteiger partial charge in [-0.2, -0.15) is 0 Å². The fourth-order valence-corrected chi connectivity index (χ4v) is 4.76. The van der Waals surface area contributed by atoms with Gasteiger partial charge in [-0.25, -0.2) is 0 Å². The van der Waals surface area contributed by atoms with Gasteiger partial charge < -0.3 is 0 Å². The predicted molar refractivity (Wildman–Crippen MR) is 133 cm³/mol. The number of rotatable bonds is 6.